The lowest BCUT2D eigenvalue weighted by molar-refractivity contribution is 0.0461. The molecule has 4 aliphatic carbocycles. The zero-order valence-corrected chi connectivity index (χ0v) is 10.2. The maximum absolute atomic E-state index is 6.53. The van der Waals surface area contributed by atoms with Gasteiger partial charge >= 0.3 is 0 Å². The van der Waals surface area contributed by atoms with Crippen LogP contribution < -0.4 is 0 Å². The zero-order valence-electron chi connectivity index (χ0n) is 10.2. The molecule has 0 N–H and O–H groups in total. The van der Waals surface area contributed by atoms with Gasteiger partial charge in [-0.1, -0.05) is 12.2 Å². The molecule has 10 atom stereocenters. The van der Waals surface area contributed by atoms with E-state index in [1.54, 1.807) is 6.42 Å². The summed E-state index contributed by atoms with van der Waals surface area (Å²) in [5.41, 5.74) is 0. The van der Waals surface area contributed by atoms with E-state index in [4.69, 9.17) is 4.74 Å². The summed E-state index contributed by atoms with van der Waals surface area (Å²) in [5, 5.41) is 0. The van der Waals surface area contributed by atoms with Crippen LogP contribution in [0.3, 0.4) is 0 Å². The molecule has 3 saturated carbocycles. The summed E-state index contributed by atoms with van der Waals surface area (Å²) in [6.07, 6.45) is 12.5. The maximum Gasteiger partial charge on any atom is 0.0651 e. The molecular formula is C16H20O. The van der Waals surface area contributed by atoms with Crippen LogP contribution in [0.15, 0.2) is 12.2 Å². The molecule has 5 fully saturated rings. The number of fused-ring (bicyclic) bond motifs is 16. The van der Waals surface area contributed by atoms with Crippen molar-refractivity contribution in [1.82, 2.24) is 0 Å². The molecule has 0 spiro atoms. The third-order valence-electron chi connectivity index (χ3n) is 7.46. The quantitative estimate of drug-likeness (QED) is 0.579. The normalized spacial score (nSPS) is 72.5. The number of hydrogen-bond donors (Lipinski definition) is 0. The molecule has 2 saturated heterocycles. The topological polar surface area (TPSA) is 9.23 Å². The molecule has 1 heteroatoms. The second-order valence-electron chi connectivity index (χ2n) is 7.66. The van der Waals surface area contributed by atoms with Crippen LogP contribution in [0.25, 0.3) is 0 Å². The summed E-state index contributed by atoms with van der Waals surface area (Å²) in [7, 11) is 0. The first-order valence-electron chi connectivity index (χ1n) is 7.75. The Morgan fingerprint density at radius 1 is 0.706 bits per heavy atom. The van der Waals surface area contributed by atoms with Gasteiger partial charge in [0.2, 0.25) is 0 Å². The van der Waals surface area contributed by atoms with E-state index in [9.17, 15) is 0 Å². The van der Waals surface area contributed by atoms with Crippen molar-refractivity contribution in [3.63, 3.8) is 0 Å². The highest BCUT2D eigenvalue weighted by Gasteiger charge is 2.70. The lowest BCUT2D eigenvalue weighted by Gasteiger charge is -2.40. The molecule has 90 valence electrons. The lowest BCUT2D eigenvalue weighted by Crippen LogP contribution is -2.43. The van der Waals surface area contributed by atoms with E-state index in [0.29, 0.717) is 12.2 Å². The Balaban J connectivity index is 1.49. The van der Waals surface area contributed by atoms with Gasteiger partial charge in [0, 0.05) is 0 Å². The largest absolute Gasteiger partial charge is 0.374 e. The fourth-order valence-corrected chi connectivity index (χ4v) is 7.24. The summed E-state index contributed by atoms with van der Waals surface area (Å²) in [6, 6.07) is 0. The van der Waals surface area contributed by atoms with E-state index >= 15 is 0 Å². The number of allylic oxidation sites excluding steroid dienone is 2. The number of rotatable bonds is 0. The molecule has 0 aromatic heterocycles. The van der Waals surface area contributed by atoms with Crippen LogP contribution in [-0.4, -0.2) is 12.2 Å². The van der Waals surface area contributed by atoms with Crippen LogP contribution >= 0.6 is 0 Å². The van der Waals surface area contributed by atoms with Gasteiger partial charge in [0.05, 0.1) is 12.2 Å². The molecule has 6 bridgehead atoms. The predicted octanol–water partition coefficient (Wildman–Crippen LogP) is 2.87. The highest BCUT2D eigenvalue weighted by molar-refractivity contribution is 5.25. The van der Waals surface area contributed by atoms with E-state index < -0.39 is 0 Å². The minimum absolute atomic E-state index is 0.685. The Labute approximate surface area is 103 Å². The first kappa shape index (κ1) is 8.74. The summed E-state index contributed by atoms with van der Waals surface area (Å²) < 4.78 is 6.53. The van der Waals surface area contributed by atoms with E-state index in [0.717, 1.165) is 47.3 Å². The van der Waals surface area contributed by atoms with Gasteiger partial charge < -0.3 is 4.74 Å². The molecule has 0 amide bonds. The van der Waals surface area contributed by atoms with E-state index in [-0.39, 0.29) is 0 Å². The molecule has 2 heterocycles. The van der Waals surface area contributed by atoms with Crippen LogP contribution in [0.4, 0.5) is 0 Å². The van der Waals surface area contributed by atoms with Gasteiger partial charge in [-0.25, -0.2) is 0 Å². The molecule has 10 unspecified atom stereocenters. The first-order valence-corrected chi connectivity index (χ1v) is 7.75. The van der Waals surface area contributed by atoms with Gasteiger partial charge in [-0.15, -0.1) is 0 Å². The van der Waals surface area contributed by atoms with Crippen molar-refractivity contribution < 1.29 is 4.74 Å². The van der Waals surface area contributed by atoms with Crippen LogP contribution in [0.5, 0.6) is 0 Å². The molecule has 6 aliphatic rings. The van der Waals surface area contributed by atoms with Crippen LogP contribution in [-0.2, 0) is 4.74 Å². The highest BCUT2D eigenvalue weighted by atomic mass is 16.5. The minimum Gasteiger partial charge on any atom is -0.374 e. The van der Waals surface area contributed by atoms with E-state index in [2.05, 4.69) is 12.2 Å². The summed E-state index contributed by atoms with van der Waals surface area (Å²) in [5.74, 6) is 7.79. The average Bonchev–Trinajstić information content (AvgIpc) is 3.14. The van der Waals surface area contributed by atoms with Crippen molar-refractivity contribution in [2.24, 2.45) is 47.3 Å². The molecule has 2 aliphatic heterocycles. The molecule has 1 nitrogen and oxygen atoms in total. The van der Waals surface area contributed by atoms with Crippen LogP contribution in [0.1, 0.15) is 25.7 Å². The second kappa shape index (κ2) is 2.52. The Morgan fingerprint density at radius 3 is 1.88 bits per heavy atom. The fourth-order valence-electron chi connectivity index (χ4n) is 7.24. The summed E-state index contributed by atoms with van der Waals surface area (Å²) >= 11 is 0. The van der Waals surface area contributed by atoms with Crippen molar-refractivity contribution in [3.05, 3.63) is 12.2 Å². The molecular weight excluding hydrogens is 208 g/mol. The van der Waals surface area contributed by atoms with E-state index in [1.165, 1.54) is 19.3 Å². The highest BCUT2D eigenvalue weighted by Crippen LogP contribution is 2.70. The standard InChI is InChI=1S/C16H20O/c1-2-8-5-7(1)11-12(8)16-14-10-4-3-9(6-10)13(14)15(11)17-16/h1-2,7-16H,3-6H2. The molecule has 0 aromatic rings. The molecule has 0 aromatic carbocycles. The van der Waals surface area contributed by atoms with Gasteiger partial charge in [0.25, 0.3) is 0 Å². The summed E-state index contributed by atoms with van der Waals surface area (Å²) in [4.78, 5) is 0. The van der Waals surface area contributed by atoms with Crippen molar-refractivity contribution in [2.75, 3.05) is 0 Å². The Morgan fingerprint density at radius 2 is 1.29 bits per heavy atom. The number of ether oxygens (including phenoxy) is 1. The van der Waals surface area contributed by atoms with Gasteiger partial charge in [-0.2, -0.15) is 0 Å². The molecule has 6 rings (SSSR count). The maximum atomic E-state index is 6.53. The van der Waals surface area contributed by atoms with Gasteiger partial charge in [-0.05, 0) is 73.0 Å². The second-order valence-corrected chi connectivity index (χ2v) is 7.66. The predicted molar refractivity (Wildman–Crippen MR) is 64.2 cm³/mol. The lowest BCUT2D eigenvalue weighted by atomic mass is 9.61. The SMILES string of the molecule is C1=CC2CC1C1C3OC(C21)C1C2CCC(C2)C31. The molecule has 0 radical (unpaired) electrons. The van der Waals surface area contributed by atoms with Crippen molar-refractivity contribution in [2.45, 2.75) is 37.9 Å². The van der Waals surface area contributed by atoms with Crippen molar-refractivity contribution in [3.8, 4) is 0 Å². The Hall–Kier alpha value is -0.300. The van der Waals surface area contributed by atoms with Crippen LogP contribution in [0.2, 0.25) is 0 Å². The first-order chi connectivity index (χ1) is 8.42. The van der Waals surface area contributed by atoms with E-state index in [1.807, 2.05) is 0 Å². The van der Waals surface area contributed by atoms with Gasteiger partial charge in [-0.3, -0.25) is 0 Å². The third-order valence-corrected chi connectivity index (χ3v) is 7.46. The fraction of sp³-hybridized carbons (Fsp3) is 0.875. The average molecular weight is 228 g/mol. The summed E-state index contributed by atoms with van der Waals surface area (Å²) in [6.45, 7) is 0. The third kappa shape index (κ3) is 0.774. The Kier molecular flexibility index (Phi) is 1.30. The molecule has 17 heavy (non-hydrogen) atoms. The van der Waals surface area contributed by atoms with Crippen molar-refractivity contribution in [1.29, 1.82) is 0 Å². The Bertz CT molecular complexity index is 391. The van der Waals surface area contributed by atoms with Gasteiger partial charge in [0.15, 0.2) is 0 Å². The zero-order chi connectivity index (χ0) is 10.7. The number of hydrogen-bond acceptors (Lipinski definition) is 1. The van der Waals surface area contributed by atoms with Gasteiger partial charge in [0.1, 0.15) is 0 Å². The van der Waals surface area contributed by atoms with Crippen molar-refractivity contribution >= 4 is 0 Å². The smallest absolute Gasteiger partial charge is 0.0651 e. The minimum atomic E-state index is 0.685. The van der Waals surface area contributed by atoms with Crippen LogP contribution in [0, 0.1) is 47.3 Å². The monoisotopic (exact) mass is 228 g/mol.